The molecule has 0 radical (unpaired) electrons. The van der Waals surface area contributed by atoms with E-state index in [0.717, 1.165) is 0 Å². The maximum atomic E-state index is 13.1. The zero-order valence-electron chi connectivity index (χ0n) is 31.5. The summed E-state index contributed by atoms with van der Waals surface area (Å²) in [5.41, 5.74) is -0.0496. The average molecular weight is 779 g/mol. The molecule has 0 spiro atoms. The van der Waals surface area contributed by atoms with Crippen molar-refractivity contribution in [1.82, 2.24) is 9.13 Å². The highest BCUT2D eigenvalue weighted by molar-refractivity contribution is 6.00. The average Bonchev–Trinajstić information content (AvgIpc) is 3.99. The van der Waals surface area contributed by atoms with Gasteiger partial charge in [-0.3, -0.25) is 9.59 Å². The minimum Gasteiger partial charge on any atom is -0.506 e. The largest absolute Gasteiger partial charge is 0.506 e. The Hall–Kier alpha value is -5.26. The van der Waals surface area contributed by atoms with Crippen LogP contribution in [0.15, 0.2) is 70.5 Å². The van der Waals surface area contributed by atoms with E-state index in [1.165, 1.54) is 4.57 Å². The number of ether oxygens (including phenoxy) is 7. The molecule has 3 fully saturated rings. The van der Waals surface area contributed by atoms with Crippen LogP contribution in [0.4, 0.5) is 0 Å². The normalized spacial score (nSPS) is 24.4. The van der Waals surface area contributed by atoms with Crippen LogP contribution >= 0.6 is 0 Å². The summed E-state index contributed by atoms with van der Waals surface area (Å²) < 4.78 is 40.5. The quantitative estimate of drug-likeness (QED) is 0.220. The fourth-order valence-electron chi connectivity index (χ4n) is 7.15. The smallest absolute Gasteiger partial charge is 0.347 e. The number of aryl methyl sites for hydroxylation is 2. The van der Waals surface area contributed by atoms with Crippen LogP contribution in [0.25, 0.3) is 21.8 Å². The Kier molecular flexibility index (Phi) is 12.8. The molecule has 4 aromatic rings. The van der Waals surface area contributed by atoms with Crippen molar-refractivity contribution in [2.45, 2.75) is 83.5 Å². The van der Waals surface area contributed by atoms with Gasteiger partial charge in [-0.05, 0) is 58.0 Å². The molecule has 3 saturated heterocycles. The van der Waals surface area contributed by atoms with E-state index in [1.54, 1.807) is 55.9 Å². The van der Waals surface area contributed by atoms with Crippen LogP contribution in [0, 0.1) is 0 Å². The molecule has 16 heteroatoms. The first kappa shape index (κ1) is 40.4. The van der Waals surface area contributed by atoms with Crippen molar-refractivity contribution in [2.75, 3.05) is 33.0 Å². The molecule has 300 valence electrons. The number of fused-ring (bicyclic) bond motifs is 4. The highest BCUT2D eigenvalue weighted by Gasteiger charge is 2.46. The first-order valence-corrected chi connectivity index (χ1v) is 18.6. The number of para-hydroxylation sites is 2. The molecule has 0 saturated carbocycles. The van der Waals surface area contributed by atoms with Gasteiger partial charge in [0.05, 0.1) is 50.3 Å². The molecule has 2 aromatic heterocycles. The molecule has 7 atom stereocenters. The minimum absolute atomic E-state index is 0.0909. The molecule has 2 aromatic carbocycles. The molecule has 8 rings (SSSR count). The van der Waals surface area contributed by atoms with Gasteiger partial charge >= 0.3 is 11.9 Å². The number of esters is 2. The van der Waals surface area contributed by atoms with Crippen molar-refractivity contribution < 1.29 is 58.1 Å². The van der Waals surface area contributed by atoms with Crippen molar-refractivity contribution in [2.24, 2.45) is 0 Å². The standard InChI is InChI=1S/C20H21NO6.C14H15NO4.C6H10O4/c1-3-21-13-8-6-5-7-12(13)17(16(19(21)22)20(23)24-4-2)27-15-11-26-14-9-10-25-18(14)15;1-3-15-10-8-6-5-7-9(10)12(16)11(13(15)17)14(18)19-4-2;7-3-1-9-6-4(8)2-10-5(3)6/h5-10,14-15,18H,3-4,11H2,1-2H3;5-8,16H,3-4H2,1-2H3;3-8H,1-2H2/t14-,15+,18+;;3-,4+,5-,6-/m1.1/s1. The van der Waals surface area contributed by atoms with E-state index < -0.39 is 41.4 Å². The third-order valence-corrected chi connectivity index (χ3v) is 9.78. The minimum atomic E-state index is -0.794. The molecule has 0 unspecified atom stereocenters. The fourth-order valence-corrected chi connectivity index (χ4v) is 7.15. The molecule has 3 N–H and O–H groups in total. The topological polar surface area (TPSA) is 203 Å². The number of nitrogens with zero attached hydrogens (tertiary/aromatic N) is 2. The number of aromatic nitrogens is 2. The Balaban J connectivity index is 0.000000158. The Morgan fingerprint density at radius 3 is 1.80 bits per heavy atom. The lowest BCUT2D eigenvalue weighted by molar-refractivity contribution is 0.00205. The van der Waals surface area contributed by atoms with Crippen LogP contribution in [0.5, 0.6) is 11.5 Å². The van der Waals surface area contributed by atoms with Crippen molar-refractivity contribution in [3.8, 4) is 11.5 Å². The Bertz CT molecular complexity index is 2200. The maximum absolute atomic E-state index is 13.1. The number of carbonyl (C=O) groups excluding carboxylic acids is 2. The number of aromatic hydroxyl groups is 1. The summed E-state index contributed by atoms with van der Waals surface area (Å²) in [5, 5.41) is 29.6. The SMILES string of the molecule is CCOC(=O)c1c(O)c2ccccc2n(CC)c1=O.CCOC(=O)c1c(O[C@H]2CO[C@@H]3C=CO[C@H]23)c2ccccc2n(CC)c1=O.O[C@@H]1CO[C@H]2[C@@H]1OC[C@@H]2O. The van der Waals surface area contributed by atoms with Crippen LogP contribution in [-0.2, 0) is 41.5 Å². The first-order chi connectivity index (χ1) is 27.1. The van der Waals surface area contributed by atoms with E-state index in [1.807, 2.05) is 37.3 Å². The number of rotatable bonds is 8. The molecular formula is C40H46N2O14. The third kappa shape index (κ3) is 7.75. The van der Waals surface area contributed by atoms with Gasteiger partial charge in [-0.15, -0.1) is 0 Å². The predicted octanol–water partition coefficient (Wildman–Crippen LogP) is 2.67. The van der Waals surface area contributed by atoms with E-state index >= 15 is 0 Å². The van der Waals surface area contributed by atoms with Crippen LogP contribution in [0.3, 0.4) is 0 Å². The molecule has 0 amide bonds. The molecule has 56 heavy (non-hydrogen) atoms. The van der Waals surface area contributed by atoms with Gasteiger partial charge in [0, 0.05) is 23.9 Å². The number of hydrogen-bond donors (Lipinski definition) is 3. The van der Waals surface area contributed by atoms with Crippen molar-refractivity contribution in [1.29, 1.82) is 0 Å². The summed E-state index contributed by atoms with van der Waals surface area (Å²) in [7, 11) is 0. The number of hydrogen-bond acceptors (Lipinski definition) is 14. The lowest BCUT2D eigenvalue weighted by Gasteiger charge is -2.22. The van der Waals surface area contributed by atoms with Crippen LogP contribution in [0.1, 0.15) is 48.4 Å². The Morgan fingerprint density at radius 2 is 1.23 bits per heavy atom. The van der Waals surface area contributed by atoms with Gasteiger partial charge in [-0.2, -0.15) is 0 Å². The Morgan fingerprint density at radius 1 is 0.714 bits per heavy atom. The molecule has 6 heterocycles. The second kappa shape index (κ2) is 17.7. The fraction of sp³-hybridized carbons (Fsp3) is 0.450. The highest BCUT2D eigenvalue weighted by atomic mass is 16.6. The second-order valence-electron chi connectivity index (χ2n) is 13.1. The summed E-state index contributed by atoms with van der Waals surface area (Å²) in [6.07, 6.45) is 0.807. The van der Waals surface area contributed by atoms with E-state index in [-0.39, 0.29) is 73.5 Å². The zero-order valence-corrected chi connectivity index (χ0v) is 31.5. The zero-order chi connectivity index (χ0) is 40.1. The lowest BCUT2D eigenvalue weighted by atomic mass is 10.1. The van der Waals surface area contributed by atoms with Gasteiger partial charge < -0.3 is 57.6 Å². The van der Waals surface area contributed by atoms with Crippen LogP contribution in [-0.4, -0.2) is 112 Å². The Labute approximate surface area is 321 Å². The molecule has 0 bridgehead atoms. The number of benzene rings is 2. The molecule has 4 aliphatic rings. The maximum Gasteiger partial charge on any atom is 0.347 e. The summed E-state index contributed by atoms with van der Waals surface area (Å²) in [4.78, 5) is 49.7. The molecule has 16 nitrogen and oxygen atoms in total. The van der Waals surface area contributed by atoms with Gasteiger partial charge in [0.1, 0.15) is 42.0 Å². The predicted molar refractivity (Wildman–Crippen MR) is 201 cm³/mol. The monoisotopic (exact) mass is 778 g/mol. The summed E-state index contributed by atoms with van der Waals surface area (Å²) >= 11 is 0. The lowest BCUT2D eigenvalue weighted by Crippen LogP contribution is -2.35. The van der Waals surface area contributed by atoms with Crippen LogP contribution in [0.2, 0.25) is 0 Å². The highest BCUT2D eigenvalue weighted by Crippen LogP contribution is 2.34. The van der Waals surface area contributed by atoms with Gasteiger partial charge in [0.15, 0.2) is 23.3 Å². The van der Waals surface area contributed by atoms with Gasteiger partial charge in [0.25, 0.3) is 11.1 Å². The van der Waals surface area contributed by atoms with E-state index in [9.17, 15) is 24.3 Å². The number of pyridine rings is 2. The van der Waals surface area contributed by atoms with Gasteiger partial charge in [-0.1, -0.05) is 24.3 Å². The summed E-state index contributed by atoms with van der Waals surface area (Å²) in [6.45, 7) is 9.04. The number of aliphatic hydroxyl groups is 2. The number of carbonyl (C=O) groups is 2. The summed E-state index contributed by atoms with van der Waals surface area (Å²) in [6, 6.07) is 14.3. The molecule has 4 aliphatic heterocycles. The molecular weight excluding hydrogens is 732 g/mol. The van der Waals surface area contributed by atoms with Gasteiger partial charge in [0.2, 0.25) is 0 Å². The van der Waals surface area contributed by atoms with E-state index in [4.69, 9.17) is 43.4 Å². The van der Waals surface area contributed by atoms with E-state index in [2.05, 4.69) is 0 Å². The van der Waals surface area contributed by atoms with Gasteiger partial charge in [-0.25, -0.2) is 9.59 Å². The van der Waals surface area contributed by atoms with Crippen molar-refractivity contribution in [3.63, 3.8) is 0 Å². The van der Waals surface area contributed by atoms with Crippen LogP contribution < -0.4 is 15.9 Å². The van der Waals surface area contributed by atoms with E-state index in [0.29, 0.717) is 41.5 Å². The van der Waals surface area contributed by atoms with Crippen molar-refractivity contribution >= 4 is 33.7 Å². The first-order valence-electron chi connectivity index (χ1n) is 18.6. The molecule has 0 aliphatic carbocycles. The van der Waals surface area contributed by atoms with Crippen molar-refractivity contribution in [3.05, 3.63) is 92.7 Å². The summed E-state index contributed by atoms with van der Waals surface area (Å²) in [5.74, 6) is -1.57. The number of aliphatic hydroxyl groups excluding tert-OH is 2. The second-order valence-corrected chi connectivity index (χ2v) is 13.1. The third-order valence-electron chi connectivity index (χ3n) is 9.78.